The van der Waals surface area contributed by atoms with Crippen molar-refractivity contribution in [3.05, 3.63) is 71.7 Å². The molecule has 1 aromatic carbocycles. The SMILES string of the molecule is C=C(C)CNC(=NCC(O)c1cccc(C)c1)NCCc1ccco1.I. The first-order valence-electron chi connectivity index (χ1n) is 8.48. The molecule has 0 saturated carbocycles. The molecule has 0 aliphatic heterocycles. The minimum atomic E-state index is -0.631. The molecule has 1 atom stereocenters. The van der Waals surface area contributed by atoms with Crippen molar-refractivity contribution in [3.8, 4) is 0 Å². The van der Waals surface area contributed by atoms with Gasteiger partial charge in [-0.3, -0.25) is 4.99 Å². The molecule has 0 amide bonds. The van der Waals surface area contributed by atoms with Crippen molar-refractivity contribution in [1.29, 1.82) is 0 Å². The van der Waals surface area contributed by atoms with Gasteiger partial charge in [0, 0.05) is 19.5 Å². The summed E-state index contributed by atoms with van der Waals surface area (Å²) in [5.74, 6) is 1.58. The number of benzene rings is 1. The summed E-state index contributed by atoms with van der Waals surface area (Å²) in [6.45, 7) is 9.46. The molecule has 2 rings (SSSR count). The van der Waals surface area contributed by atoms with Gasteiger partial charge in [-0.25, -0.2) is 0 Å². The highest BCUT2D eigenvalue weighted by molar-refractivity contribution is 14.0. The van der Waals surface area contributed by atoms with Gasteiger partial charge in [0.2, 0.25) is 0 Å². The fraction of sp³-hybridized carbons (Fsp3) is 0.350. The van der Waals surface area contributed by atoms with Crippen LogP contribution in [0.5, 0.6) is 0 Å². The Hall–Kier alpha value is -1.80. The van der Waals surface area contributed by atoms with Crippen molar-refractivity contribution in [1.82, 2.24) is 10.6 Å². The van der Waals surface area contributed by atoms with Gasteiger partial charge >= 0.3 is 0 Å². The molecule has 6 heteroatoms. The number of aliphatic hydroxyl groups is 1. The number of halogens is 1. The van der Waals surface area contributed by atoms with Crippen LogP contribution in [0.25, 0.3) is 0 Å². The first kappa shape index (κ1) is 22.2. The van der Waals surface area contributed by atoms with Gasteiger partial charge in [0.25, 0.3) is 0 Å². The van der Waals surface area contributed by atoms with Gasteiger partial charge in [0.05, 0.1) is 18.9 Å². The van der Waals surface area contributed by atoms with Gasteiger partial charge in [-0.2, -0.15) is 0 Å². The number of aliphatic hydroxyl groups excluding tert-OH is 1. The Bertz CT molecular complexity index is 699. The first-order valence-corrected chi connectivity index (χ1v) is 8.48. The summed E-state index contributed by atoms with van der Waals surface area (Å²) in [6, 6.07) is 11.7. The van der Waals surface area contributed by atoms with Crippen molar-refractivity contribution in [2.24, 2.45) is 4.99 Å². The van der Waals surface area contributed by atoms with Gasteiger partial charge in [0.1, 0.15) is 5.76 Å². The van der Waals surface area contributed by atoms with Gasteiger partial charge in [-0.05, 0) is 31.5 Å². The molecule has 0 fully saturated rings. The smallest absolute Gasteiger partial charge is 0.191 e. The average molecular weight is 469 g/mol. The number of aliphatic imine (C=N–C) groups is 1. The van der Waals surface area contributed by atoms with Crippen LogP contribution in [-0.2, 0) is 6.42 Å². The number of hydrogen-bond acceptors (Lipinski definition) is 3. The summed E-state index contributed by atoms with van der Waals surface area (Å²) in [4.78, 5) is 4.49. The molecule has 0 aliphatic carbocycles. The average Bonchev–Trinajstić information content (AvgIpc) is 3.09. The van der Waals surface area contributed by atoms with Crippen LogP contribution in [0, 0.1) is 6.92 Å². The highest BCUT2D eigenvalue weighted by Crippen LogP contribution is 2.14. The molecule has 0 spiro atoms. The monoisotopic (exact) mass is 469 g/mol. The van der Waals surface area contributed by atoms with Gasteiger partial charge < -0.3 is 20.2 Å². The lowest BCUT2D eigenvalue weighted by Crippen LogP contribution is -2.39. The second-order valence-electron chi connectivity index (χ2n) is 6.19. The zero-order valence-electron chi connectivity index (χ0n) is 15.4. The Kier molecular flexibility index (Phi) is 10.0. The van der Waals surface area contributed by atoms with E-state index in [1.165, 1.54) is 0 Å². The maximum atomic E-state index is 10.4. The van der Waals surface area contributed by atoms with Crippen LogP contribution in [-0.4, -0.2) is 30.7 Å². The lowest BCUT2D eigenvalue weighted by Gasteiger charge is -2.14. The molecule has 26 heavy (non-hydrogen) atoms. The molecule has 2 aromatic rings. The maximum absolute atomic E-state index is 10.4. The molecule has 3 N–H and O–H groups in total. The van der Waals surface area contributed by atoms with Crippen LogP contribution in [0.1, 0.15) is 29.9 Å². The zero-order valence-corrected chi connectivity index (χ0v) is 17.7. The fourth-order valence-electron chi connectivity index (χ4n) is 2.33. The van der Waals surface area contributed by atoms with Crippen molar-refractivity contribution in [3.63, 3.8) is 0 Å². The Labute approximate surface area is 172 Å². The third-order valence-corrected chi connectivity index (χ3v) is 3.65. The van der Waals surface area contributed by atoms with E-state index in [1.807, 2.05) is 50.2 Å². The van der Waals surface area contributed by atoms with Gasteiger partial charge in [-0.1, -0.05) is 42.0 Å². The lowest BCUT2D eigenvalue weighted by atomic mass is 10.1. The maximum Gasteiger partial charge on any atom is 0.191 e. The number of aryl methyl sites for hydroxylation is 1. The van der Waals surface area contributed by atoms with Crippen LogP contribution in [0.3, 0.4) is 0 Å². The van der Waals surface area contributed by atoms with E-state index < -0.39 is 6.10 Å². The first-order chi connectivity index (χ1) is 12.0. The van der Waals surface area contributed by atoms with Crippen molar-refractivity contribution in [2.45, 2.75) is 26.4 Å². The second-order valence-corrected chi connectivity index (χ2v) is 6.19. The normalized spacial score (nSPS) is 12.2. The van der Waals surface area contributed by atoms with Crippen molar-refractivity contribution in [2.75, 3.05) is 19.6 Å². The van der Waals surface area contributed by atoms with E-state index in [0.29, 0.717) is 19.0 Å². The third kappa shape index (κ3) is 8.05. The molecular formula is C20H28IN3O2. The minimum Gasteiger partial charge on any atom is -0.469 e. The Morgan fingerprint density at radius 3 is 2.73 bits per heavy atom. The Morgan fingerprint density at radius 1 is 1.27 bits per heavy atom. The summed E-state index contributed by atoms with van der Waals surface area (Å²) in [6.07, 6.45) is 1.80. The molecular weight excluding hydrogens is 441 g/mol. The quantitative estimate of drug-likeness (QED) is 0.239. The van der Waals surface area contributed by atoms with Crippen LogP contribution in [0.15, 0.2) is 64.2 Å². The predicted molar refractivity (Wildman–Crippen MR) is 117 cm³/mol. The van der Waals surface area contributed by atoms with E-state index in [1.54, 1.807) is 6.26 Å². The Balaban J connectivity index is 0.00000338. The topological polar surface area (TPSA) is 69.8 Å². The van der Waals surface area contributed by atoms with E-state index in [-0.39, 0.29) is 30.5 Å². The van der Waals surface area contributed by atoms with E-state index in [9.17, 15) is 5.11 Å². The number of nitrogens with one attached hydrogen (secondary N) is 2. The van der Waals surface area contributed by atoms with Gasteiger partial charge in [0.15, 0.2) is 5.96 Å². The number of rotatable bonds is 8. The molecule has 0 radical (unpaired) electrons. The number of guanidine groups is 1. The molecule has 1 heterocycles. The van der Waals surface area contributed by atoms with Crippen LogP contribution in [0.2, 0.25) is 0 Å². The number of furan rings is 1. The molecule has 1 unspecified atom stereocenters. The predicted octanol–water partition coefficient (Wildman–Crippen LogP) is 3.59. The summed E-state index contributed by atoms with van der Waals surface area (Å²) in [5.41, 5.74) is 3.01. The standard InChI is InChI=1S/C20H27N3O2.HI/c1-15(2)13-22-20(21-10-9-18-8-5-11-25-18)23-14-19(24)17-7-4-6-16(3)12-17;/h4-8,11-12,19,24H,1,9-10,13-14H2,2-3H3,(H2,21,22,23);1H. The largest absolute Gasteiger partial charge is 0.469 e. The second kappa shape index (κ2) is 11.7. The summed E-state index contributed by atoms with van der Waals surface area (Å²) in [7, 11) is 0. The zero-order chi connectivity index (χ0) is 18.1. The third-order valence-electron chi connectivity index (χ3n) is 3.65. The molecule has 142 valence electrons. The van der Waals surface area contributed by atoms with Gasteiger partial charge in [-0.15, -0.1) is 24.0 Å². The summed E-state index contributed by atoms with van der Waals surface area (Å²) >= 11 is 0. The van der Waals surface area contributed by atoms with E-state index in [0.717, 1.165) is 28.9 Å². The van der Waals surface area contributed by atoms with Crippen LogP contribution < -0.4 is 10.6 Å². The van der Waals surface area contributed by atoms with Crippen molar-refractivity contribution < 1.29 is 9.52 Å². The van der Waals surface area contributed by atoms with E-state index >= 15 is 0 Å². The highest BCUT2D eigenvalue weighted by atomic mass is 127. The molecule has 5 nitrogen and oxygen atoms in total. The highest BCUT2D eigenvalue weighted by Gasteiger charge is 2.08. The fourth-order valence-corrected chi connectivity index (χ4v) is 2.33. The number of hydrogen-bond donors (Lipinski definition) is 3. The van der Waals surface area contributed by atoms with E-state index in [2.05, 4.69) is 22.2 Å². The molecule has 1 aromatic heterocycles. The molecule has 0 aliphatic rings. The number of nitrogens with zero attached hydrogens (tertiary/aromatic N) is 1. The van der Waals surface area contributed by atoms with Crippen LogP contribution in [0.4, 0.5) is 0 Å². The Morgan fingerprint density at radius 2 is 2.08 bits per heavy atom. The molecule has 0 saturated heterocycles. The summed E-state index contributed by atoms with van der Waals surface area (Å²) < 4.78 is 5.33. The summed E-state index contributed by atoms with van der Waals surface area (Å²) in [5, 5.41) is 16.8. The lowest BCUT2D eigenvalue weighted by molar-refractivity contribution is 0.187. The van der Waals surface area contributed by atoms with Crippen molar-refractivity contribution >= 4 is 29.9 Å². The minimum absolute atomic E-state index is 0. The molecule has 0 bridgehead atoms. The van der Waals surface area contributed by atoms with E-state index in [4.69, 9.17) is 4.42 Å². The van der Waals surface area contributed by atoms with Crippen LogP contribution >= 0.6 is 24.0 Å².